The number of halogens is 1. The SMILES string of the molecule is CN1CCN(c2ccc(NCc3cnc(Cl)s3)cc2[N+](=O)[O-])CC1. The Bertz CT molecular complexity index is 730. The number of nitrogens with zero attached hydrogens (tertiary/aromatic N) is 4. The minimum Gasteiger partial charge on any atom is -0.380 e. The number of nitro groups is 1. The van der Waals surface area contributed by atoms with Gasteiger partial charge in [-0.2, -0.15) is 0 Å². The maximum Gasteiger partial charge on any atom is 0.294 e. The van der Waals surface area contributed by atoms with E-state index >= 15 is 0 Å². The van der Waals surface area contributed by atoms with Gasteiger partial charge in [0.2, 0.25) is 0 Å². The standard InChI is InChI=1S/C15H18ClN5O2S/c1-19-4-6-20(7-5-19)13-3-2-11(8-14(13)21(22)23)17-9-12-10-18-15(16)24-12/h2-3,8,10,17H,4-7,9H2,1H3. The molecule has 1 N–H and O–H groups in total. The lowest BCUT2D eigenvalue weighted by molar-refractivity contribution is -0.384. The minimum atomic E-state index is -0.317. The Kier molecular flexibility index (Phi) is 5.17. The number of anilines is 2. The van der Waals surface area contributed by atoms with Crippen LogP contribution >= 0.6 is 22.9 Å². The molecule has 24 heavy (non-hydrogen) atoms. The lowest BCUT2D eigenvalue weighted by Gasteiger charge is -2.33. The minimum absolute atomic E-state index is 0.131. The zero-order chi connectivity index (χ0) is 17.1. The van der Waals surface area contributed by atoms with E-state index in [0.29, 0.717) is 22.4 Å². The first-order chi connectivity index (χ1) is 11.5. The van der Waals surface area contributed by atoms with Gasteiger partial charge in [-0.15, -0.1) is 11.3 Å². The van der Waals surface area contributed by atoms with Gasteiger partial charge < -0.3 is 15.1 Å². The number of aromatic nitrogens is 1. The van der Waals surface area contributed by atoms with Gasteiger partial charge in [0.25, 0.3) is 5.69 Å². The molecule has 1 fully saturated rings. The molecule has 0 bridgehead atoms. The molecule has 1 aromatic heterocycles. The van der Waals surface area contributed by atoms with Crippen LogP contribution in [0, 0.1) is 10.1 Å². The first kappa shape index (κ1) is 16.9. The number of rotatable bonds is 5. The summed E-state index contributed by atoms with van der Waals surface area (Å²) in [5, 5.41) is 14.7. The highest BCUT2D eigenvalue weighted by Crippen LogP contribution is 2.32. The molecule has 2 aromatic rings. The molecule has 2 heterocycles. The number of nitrogens with one attached hydrogen (secondary N) is 1. The fourth-order valence-electron chi connectivity index (χ4n) is 2.65. The maximum absolute atomic E-state index is 11.5. The topological polar surface area (TPSA) is 74.5 Å². The summed E-state index contributed by atoms with van der Waals surface area (Å²) in [6.07, 6.45) is 1.70. The van der Waals surface area contributed by atoms with Crippen molar-refractivity contribution >= 4 is 40.0 Å². The molecule has 9 heteroatoms. The van der Waals surface area contributed by atoms with Crippen molar-refractivity contribution in [1.29, 1.82) is 0 Å². The van der Waals surface area contributed by atoms with Crippen LogP contribution in [0.15, 0.2) is 24.4 Å². The molecule has 1 aliphatic heterocycles. The summed E-state index contributed by atoms with van der Waals surface area (Å²) in [6.45, 7) is 3.94. The Morgan fingerprint density at radius 3 is 2.75 bits per heavy atom. The van der Waals surface area contributed by atoms with E-state index in [9.17, 15) is 10.1 Å². The number of benzene rings is 1. The van der Waals surface area contributed by atoms with E-state index in [1.54, 1.807) is 12.3 Å². The van der Waals surface area contributed by atoms with Crippen LogP contribution in [0.25, 0.3) is 0 Å². The van der Waals surface area contributed by atoms with Gasteiger partial charge in [0, 0.05) is 49.0 Å². The Hall–Kier alpha value is -1.90. The number of likely N-dealkylation sites (N-methyl/N-ethyl adjacent to an activating group) is 1. The smallest absolute Gasteiger partial charge is 0.294 e. The van der Waals surface area contributed by atoms with Gasteiger partial charge in [-0.25, -0.2) is 4.98 Å². The lowest BCUT2D eigenvalue weighted by atomic mass is 10.2. The average molecular weight is 368 g/mol. The van der Waals surface area contributed by atoms with Gasteiger partial charge in [0.1, 0.15) is 5.69 Å². The summed E-state index contributed by atoms with van der Waals surface area (Å²) >= 11 is 7.20. The second kappa shape index (κ2) is 7.33. The highest BCUT2D eigenvalue weighted by Gasteiger charge is 2.23. The summed E-state index contributed by atoms with van der Waals surface area (Å²) in [5.41, 5.74) is 1.52. The summed E-state index contributed by atoms with van der Waals surface area (Å²) in [5.74, 6) is 0. The van der Waals surface area contributed by atoms with Crippen LogP contribution < -0.4 is 10.2 Å². The van der Waals surface area contributed by atoms with Crippen LogP contribution in [0.3, 0.4) is 0 Å². The number of nitro benzene ring substituents is 1. The third-order valence-electron chi connectivity index (χ3n) is 4.01. The molecule has 3 rings (SSSR count). The highest BCUT2D eigenvalue weighted by molar-refractivity contribution is 7.15. The first-order valence-electron chi connectivity index (χ1n) is 7.59. The molecule has 0 radical (unpaired) electrons. The normalized spacial score (nSPS) is 15.5. The monoisotopic (exact) mass is 367 g/mol. The van der Waals surface area contributed by atoms with Crippen LogP contribution in [0.1, 0.15) is 4.88 Å². The van der Waals surface area contributed by atoms with E-state index in [0.717, 1.165) is 31.1 Å². The summed E-state index contributed by atoms with van der Waals surface area (Å²) in [6, 6.07) is 5.30. The maximum atomic E-state index is 11.5. The van der Waals surface area contributed by atoms with Crippen molar-refractivity contribution in [2.45, 2.75) is 6.54 Å². The number of thiazole rings is 1. The van der Waals surface area contributed by atoms with Gasteiger partial charge in [0.05, 0.1) is 11.5 Å². The van der Waals surface area contributed by atoms with Crippen molar-refractivity contribution in [2.75, 3.05) is 43.4 Å². The van der Waals surface area contributed by atoms with E-state index in [4.69, 9.17) is 11.6 Å². The number of hydrogen-bond donors (Lipinski definition) is 1. The van der Waals surface area contributed by atoms with Crippen molar-refractivity contribution in [2.24, 2.45) is 0 Å². The Balaban J connectivity index is 1.75. The third-order valence-corrected chi connectivity index (χ3v) is 5.12. The van der Waals surface area contributed by atoms with E-state index in [2.05, 4.69) is 27.1 Å². The van der Waals surface area contributed by atoms with Crippen molar-refractivity contribution in [3.8, 4) is 0 Å². The van der Waals surface area contributed by atoms with Crippen molar-refractivity contribution in [3.05, 3.63) is 43.9 Å². The van der Waals surface area contributed by atoms with Crippen molar-refractivity contribution in [1.82, 2.24) is 9.88 Å². The molecule has 1 aliphatic rings. The molecule has 0 amide bonds. The predicted molar refractivity (Wildman–Crippen MR) is 97.3 cm³/mol. The number of hydrogen-bond acceptors (Lipinski definition) is 7. The third kappa shape index (κ3) is 3.95. The van der Waals surface area contributed by atoms with Gasteiger partial charge in [0.15, 0.2) is 4.47 Å². The quantitative estimate of drug-likeness (QED) is 0.646. The summed E-state index contributed by atoms with van der Waals surface area (Å²) in [4.78, 5) is 20.4. The molecule has 0 unspecified atom stereocenters. The van der Waals surface area contributed by atoms with Gasteiger partial charge in [-0.1, -0.05) is 11.6 Å². The zero-order valence-corrected chi connectivity index (χ0v) is 14.8. The molecule has 0 atom stereocenters. The van der Waals surface area contributed by atoms with Crippen LogP contribution in [-0.2, 0) is 6.54 Å². The summed E-state index contributed by atoms with van der Waals surface area (Å²) < 4.78 is 0.489. The average Bonchev–Trinajstić information content (AvgIpc) is 2.99. The van der Waals surface area contributed by atoms with Gasteiger partial charge >= 0.3 is 0 Å². The molecule has 0 aliphatic carbocycles. The lowest BCUT2D eigenvalue weighted by Crippen LogP contribution is -2.44. The van der Waals surface area contributed by atoms with Crippen LogP contribution in [-0.4, -0.2) is 48.0 Å². The molecular formula is C15H18ClN5O2S. The van der Waals surface area contributed by atoms with E-state index in [1.807, 2.05) is 12.1 Å². The van der Waals surface area contributed by atoms with Crippen LogP contribution in [0.5, 0.6) is 0 Å². The number of piperazine rings is 1. The molecule has 1 aromatic carbocycles. The van der Waals surface area contributed by atoms with Gasteiger partial charge in [-0.05, 0) is 19.2 Å². The van der Waals surface area contributed by atoms with E-state index in [-0.39, 0.29) is 10.6 Å². The van der Waals surface area contributed by atoms with Crippen LogP contribution in [0.2, 0.25) is 4.47 Å². The second-order valence-electron chi connectivity index (χ2n) is 5.68. The Morgan fingerprint density at radius 1 is 1.38 bits per heavy atom. The van der Waals surface area contributed by atoms with E-state index in [1.165, 1.54) is 11.3 Å². The van der Waals surface area contributed by atoms with Crippen LogP contribution in [0.4, 0.5) is 17.1 Å². The Labute approximate surface area is 149 Å². The first-order valence-corrected chi connectivity index (χ1v) is 8.78. The molecule has 0 saturated carbocycles. The predicted octanol–water partition coefficient (Wildman–Crippen LogP) is 3.07. The van der Waals surface area contributed by atoms with E-state index < -0.39 is 0 Å². The highest BCUT2D eigenvalue weighted by atomic mass is 35.5. The largest absolute Gasteiger partial charge is 0.380 e. The van der Waals surface area contributed by atoms with Crippen molar-refractivity contribution < 1.29 is 4.92 Å². The molecule has 1 saturated heterocycles. The Morgan fingerprint density at radius 2 is 2.12 bits per heavy atom. The second-order valence-corrected chi connectivity index (χ2v) is 7.38. The zero-order valence-electron chi connectivity index (χ0n) is 13.2. The molecule has 0 spiro atoms. The van der Waals surface area contributed by atoms with Crippen molar-refractivity contribution in [3.63, 3.8) is 0 Å². The fraction of sp³-hybridized carbons (Fsp3) is 0.400. The molecular weight excluding hydrogens is 350 g/mol. The van der Waals surface area contributed by atoms with Gasteiger partial charge in [-0.3, -0.25) is 10.1 Å². The summed E-state index contributed by atoms with van der Waals surface area (Å²) in [7, 11) is 2.06. The molecule has 7 nitrogen and oxygen atoms in total. The fourth-order valence-corrected chi connectivity index (χ4v) is 3.57. The molecule has 128 valence electrons.